The van der Waals surface area contributed by atoms with Crippen LogP contribution in [0.1, 0.15) is 51.4 Å². The molecule has 0 aliphatic heterocycles. The predicted molar refractivity (Wildman–Crippen MR) is 109 cm³/mol. The number of pyridine rings is 1. The van der Waals surface area contributed by atoms with E-state index in [0.29, 0.717) is 12.1 Å². The van der Waals surface area contributed by atoms with Crippen LogP contribution in [-0.4, -0.2) is 36.8 Å². The van der Waals surface area contributed by atoms with Crippen molar-refractivity contribution in [2.24, 2.45) is 0 Å². The molecule has 2 fully saturated rings. The third kappa shape index (κ3) is 3.28. The predicted octanol–water partition coefficient (Wildman–Crippen LogP) is 4.42. The molecule has 2 saturated carbocycles. The molecule has 0 bridgehead atoms. The van der Waals surface area contributed by atoms with Gasteiger partial charge in [0.1, 0.15) is 0 Å². The first-order chi connectivity index (χ1) is 13.9. The van der Waals surface area contributed by atoms with E-state index < -0.39 is 0 Å². The van der Waals surface area contributed by atoms with Crippen molar-refractivity contribution >= 4 is 5.95 Å². The van der Waals surface area contributed by atoms with Gasteiger partial charge in [0.15, 0.2) is 0 Å². The lowest BCUT2D eigenvalue weighted by Crippen LogP contribution is -2.42. The van der Waals surface area contributed by atoms with E-state index in [1.807, 2.05) is 41.3 Å². The Morgan fingerprint density at radius 2 is 1.46 bits per heavy atom. The van der Waals surface area contributed by atoms with Crippen LogP contribution < -0.4 is 4.90 Å². The van der Waals surface area contributed by atoms with Crippen LogP contribution in [-0.2, 0) is 0 Å². The zero-order valence-electron chi connectivity index (χ0n) is 16.1. The summed E-state index contributed by atoms with van der Waals surface area (Å²) in [5.41, 5.74) is 2.88. The standard InChI is InChI=1S/C22H26N6/c1-2-6-17(5-1)27(18-7-3-4-8-18)22-24-15-11-20(26-22)21-12-16-25-28(21)19-9-13-23-14-10-19/h9-18H,1-8H2. The van der Waals surface area contributed by atoms with E-state index >= 15 is 0 Å². The van der Waals surface area contributed by atoms with E-state index in [4.69, 9.17) is 9.97 Å². The Morgan fingerprint density at radius 1 is 0.786 bits per heavy atom. The van der Waals surface area contributed by atoms with E-state index in [0.717, 1.165) is 23.0 Å². The van der Waals surface area contributed by atoms with E-state index in [-0.39, 0.29) is 0 Å². The summed E-state index contributed by atoms with van der Waals surface area (Å²) in [5.74, 6) is 0.888. The molecule has 0 spiro atoms. The van der Waals surface area contributed by atoms with Gasteiger partial charge in [-0.05, 0) is 49.9 Å². The number of nitrogens with zero attached hydrogens (tertiary/aromatic N) is 6. The van der Waals surface area contributed by atoms with Gasteiger partial charge in [-0.25, -0.2) is 14.6 Å². The minimum Gasteiger partial charge on any atom is -0.335 e. The molecule has 3 heterocycles. The summed E-state index contributed by atoms with van der Waals surface area (Å²) in [7, 11) is 0. The van der Waals surface area contributed by atoms with E-state index in [1.165, 1.54) is 51.4 Å². The highest BCUT2D eigenvalue weighted by Gasteiger charge is 2.32. The Bertz CT molecular complexity index is 894. The van der Waals surface area contributed by atoms with Gasteiger partial charge in [0.05, 0.1) is 23.3 Å². The van der Waals surface area contributed by atoms with Gasteiger partial charge in [-0.1, -0.05) is 25.7 Å². The van der Waals surface area contributed by atoms with E-state index in [2.05, 4.69) is 15.0 Å². The lowest BCUT2D eigenvalue weighted by atomic mass is 10.1. The van der Waals surface area contributed by atoms with Crippen LogP contribution in [0.25, 0.3) is 17.1 Å². The molecule has 0 radical (unpaired) electrons. The molecule has 3 aromatic heterocycles. The minimum absolute atomic E-state index is 0.587. The molecule has 0 saturated heterocycles. The first-order valence-corrected chi connectivity index (χ1v) is 10.5. The van der Waals surface area contributed by atoms with Gasteiger partial charge in [-0.2, -0.15) is 5.10 Å². The maximum Gasteiger partial charge on any atom is 0.226 e. The van der Waals surface area contributed by atoms with Gasteiger partial charge in [0, 0.05) is 30.7 Å². The lowest BCUT2D eigenvalue weighted by Gasteiger charge is -2.34. The molecule has 3 aromatic rings. The van der Waals surface area contributed by atoms with Crippen LogP contribution in [0.5, 0.6) is 0 Å². The van der Waals surface area contributed by atoms with Crippen LogP contribution in [0, 0.1) is 0 Å². The Hall–Kier alpha value is -2.76. The monoisotopic (exact) mass is 374 g/mol. The lowest BCUT2D eigenvalue weighted by molar-refractivity contribution is 0.502. The van der Waals surface area contributed by atoms with Gasteiger partial charge < -0.3 is 4.90 Å². The van der Waals surface area contributed by atoms with Crippen molar-refractivity contribution in [3.63, 3.8) is 0 Å². The van der Waals surface area contributed by atoms with Gasteiger partial charge >= 0.3 is 0 Å². The van der Waals surface area contributed by atoms with Crippen molar-refractivity contribution in [2.45, 2.75) is 63.5 Å². The molecule has 28 heavy (non-hydrogen) atoms. The maximum absolute atomic E-state index is 5.03. The highest BCUT2D eigenvalue weighted by atomic mass is 15.3. The van der Waals surface area contributed by atoms with Crippen molar-refractivity contribution in [1.29, 1.82) is 0 Å². The summed E-state index contributed by atoms with van der Waals surface area (Å²) in [4.78, 5) is 16.4. The third-order valence-corrected chi connectivity index (χ3v) is 6.12. The summed E-state index contributed by atoms with van der Waals surface area (Å²) >= 11 is 0. The molecule has 6 nitrogen and oxygen atoms in total. The minimum atomic E-state index is 0.587. The summed E-state index contributed by atoms with van der Waals surface area (Å²) in [5, 5.41) is 4.51. The van der Waals surface area contributed by atoms with E-state index in [9.17, 15) is 0 Å². The van der Waals surface area contributed by atoms with Gasteiger partial charge in [-0.15, -0.1) is 0 Å². The van der Waals surface area contributed by atoms with E-state index in [1.54, 1.807) is 12.4 Å². The summed E-state index contributed by atoms with van der Waals surface area (Å²) < 4.78 is 1.92. The molecule has 0 amide bonds. The molecule has 144 valence electrons. The second-order valence-electron chi connectivity index (χ2n) is 7.86. The fraction of sp³-hybridized carbons (Fsp3) is 0.455. The van der Waals surface area contributed by atoms with Crippen LogP contribution >= 0.6 is 0 Å². The van der Waals surface area contributed by atoms with Crippen LogP contribution in [0.2, 0.25) is 0 Å². The molecule has 6 heteroatoms. The molecule has 0 atom stereocenters. The van der Waals surface area contributed by atoms with Gasteiger partial charge in [0.25, 0.3) is 0 Å². The SMILES string of the molecule is c1cc(-n2nccc2-c2ccnc(N(C3CCCC3)C3CCCC3)n2)ccn1. The fourth-order valence-corrected chi connectivity index (χ4v) is 4.79. The van der Waals surface area contributed by atoms with Crippen molar-refractivity contribution < 1.29 is 0 Å². The molecule has 2 aliphatic rings. The van der Waals surface area contributed by atoms with Crippen molar-refractivity contribution in [3.8, 4) is 17.1 Å². The Kier molecular flexibility index (Phi) is 4.77. The smallest absolute Gasteiger partial charge is 0.226 e. The summed E-state index contributed by atoms with van der Waals surface area (Å²) in [6.45, 7) is 0. The van der Waals surface area contributed by atoms with Crippen molar-refractivity contribution in [1.82, 2.24) is 24.7 Å². The average molecular weight is 374 g/mol. The molecular formula is C22H26N6. The number of rotatable bonds is 5. The molecule has 0 aromatic carbocycles. The molecule has 0 N–H and O–H groups in total. The Morgan fingerprint density at radius 3 is 2.14 bits per heavy atom. The normalized spacial score (nSPS) is 18.0. The topological polar surface area (TPSA) is 59.7 Å². The summed E-state index contributed by atoms with van der Waals surface area (Å²) in [6.07, 6.45) is 17.6. The number of anilines is 1. The highest BCUT2D eigenvalue weighted by molar-refractivity contribution is 5.59. The van der Waals surface area contributed by atoms with Crippen LogP contribution in [0.3, 0.4) is 0 Å². The van der Waals surface area contributed by atoms with Crippen molar-refractivity contribution in [3.05, 3.63) is 49.1 Å². The molecule has 0 unspecified atom stereocenters. The Labute approximate surface area is 165 Å². The number of hydrogen-bond acceptors (Lipinski definition) is 5. The zero-order valence-corrected chi connectivity index (χ0v) is 16.1. The highest BCUT2D eigenvalue weighted by Crippen LogP contribution is 2.34. The van der Waals surface area contributed by atoms with Crippen molar-refractivity contribution in [2.75, 3.05) is 4.90 Å². The van der Waals surface area contributed by atoms with Crippen LogP contribution in [0.4, 0.5) is 5.95 Å². The first-order valence-electron chi connectivity index (χ1n) is 10.5. The quantitative estimate of drug-likeness (QED) is 0.662. The average Bonchev–Trinajstić information content (AvgIpc) is 3.52. The largest absolute Gasteiger partial charge is 0.335 e. The zero-order chi connectivity index (χ0) is 18.8. The second kappa shape index (κ2) is 7.70. The molecule has 5 rings (SSSR count). The maximum atomic E-state index is 5.03. The molecular weight excluding hydrogens is 348 g/mol. The number of aromatic nitrogens is 5. The Balaban J connectivity index is 1.52. The summed E-state index contributed by atoms with van der Waals surface area (Å²) in [6, 6.07) is 9.10. The molecule has 2 aliphatic carbocycles. The third-order valence-electron chi connectivity index (χ3n) is 6.12. The fourth-order valence-electron chi connectivity index (χ4n) is 4.79. The second-order valence-corrected chi connectivity index (χ2v) is 7.86. The van der Waals surface area contributed by atoms with Gasteiger partial charge in [-0.3, -0.25) is 4.98 Å². The number of hydrogen-bond donors (Lipinski definition) is 0. The van der Waals surface area contributed by atoms with Crippen LogP contribution in [0.15, 0.2) is 49.1 Å². The van der Waals surface area contributed by atoms with Gasteiger partial charge in [0.2, 0.25) is 5.95 Å². The first kappa shape index (κ1) is 17.3.